The summed E-state index contributed by atoms with van der Waals surface area (Å²) >= 11 is 0. The molecule has 0 N–H and O–H groups in total. The second-order valence-electron chi connectivity index (χ2n) is 6.03. The van der Waals surface area contributed by atoms with Gasteiger partial charge in [0.15, 0.2) is 0 Å². The average Bonchev–Trinajstić information content (AvgIpc) is 3.33. The maximum atomic E-state index is 2.39. The van der Waals surface area contributed by atoms with Gasteiger partial charge in [0.1, 0.15) is 0 Å². The van der Waals surface area contributed by atoms with Gasteiger partial charge in [-0.2, -0.15) is 0 Å². The lowest BCUT2D eigenvalue weighted by Crippen LogP contribution is -2.32. The molecule has 3 nitrogen and oxygen atoms in total. The van der Waals surface area contributed by atoms with Crippen molar-refractivity contribution < 1.29 is 0 Å². The first kappa shape index (κ1) is 43.7. The van der Waals surface area contributed by atoms with E-state index in [2.05, 4.69) is 35.8 Å². The third-order valence-electron chi connectivity index (χ3n) is 3.99. The molecule has 0 aromatic heterocycles. The monoisotopic (exact) mass is 436 g/mol. The lowest BCUT2D eigenvalue weighted by atomic mass is 10.1. The van der Waals surface area contributed by atoms with Crippen molar-refractivity contribution in [3.63, 3.8) is 0 Å². The largest absolute Gasteiger partial charge is 0.306 e. The van der Waals surface area contributed by atoms with Gasteiger partial charge in [-0.1, -0.05) is 89.5 Å². The minimum absolute atomic E-state index is 1.32. The zero-order valence-electron chi connectivity index (χ0n) is 24.8. The van der Waals surface area contributed by atoms with E-state index in [1.54, 1.807) is 0 Å². The summed E-state index contributed by atoms with van der Waals surface area (Å²) in [5.74, 6) is 0. The number of likely N-dealkylation sites (tertiary alicyclic amines) is 3. The third kappa shape index (κ3) is 46.2. The molecule has 0 bridgehead atoms. The molecule has 3 aliphatic rings. The van der Waals surface area contributed by atoms with Crippen molar-refractivity contribution in [2.24, 2.45) is 0 Å². The first-order chi connectivity index (χ1) is 14.7. The van der Waals surface area contributed by atoms with Crippen LogP contribution < -0.4 is 0 Å². The maximum Gasteiger partial charge on any atom is -0.000959 e. The summed E-state index contributed by atoms with van der Waals surface area (Å²) in [4.78, 5) is 7.06. The molecule has 0 spiro atoms. The molecular formula is C27H69N3. The van der Waals surface area contributed by atoms with E-state index in [9.17, 15) is 0 Å². The molecule has 3 rings (SSSR count). The van der Waals surface area contributed by atoms with E-state index in [1.165, 1.54) is 77.8 Å². The van der Waals surface area contributed by atoms with E-state index < -0.39 is 0 Å². The summed E-state index contributed by atoms with van der Waals surface area (Å²) < 4.78 is 0. The Labute approximate surface area is 197 Å². The molecule has 3 fully saturated rings. The molecule has 0 amide bonds. The molecule has 3 heteroatoms. The van der Waals surface area contributed by atoms with Crippen LogP contribution in [0, 0.1) is 0 Å². The van der Waals surface area contributed by atoms with Gasteiger partial charge in [-0.05, 0) is 92.5 Å². The van der Waals surface area contributed by atoms with Crippen LogP contribution >= 0.6 is 0 Å². The van der Waals surface area contributed by atoms with E-state index in [0.29, 0.717) is 0 Å². The molecule has 30 heavy (non-hydrogen) atoms. The van der Waals surface area contributed by atoms with Crippen molar-refractivity contribution in [2.45, 2.75) is 122 Å². The highest BCUT2D eigenvalue weighted by Gasteiger charge is 2.05. The second kappa shape index (κ2) is 51.5. The van der Waals surface area contributed by atoms with Gasteiger partial charge in [-0.15, -0.1) is 0 Å². The number of piperidine rings is 1. The van der Waals surface area contributed by atoms with Crippen LogP contribution in [0.3, 0.4) is 0 Å². The van der Waals surface area contributed by atoms with Crippen LogP contribution in [0.2, 0.25) is 0 Å². The Morgan fingerprint density at radius 3 is 0.500 bits per heavy atom. The molecule has 0 saturated carbocycles. The molecule has 3 aliphatic heterocycles. The first-order valence-corrected chi connectivity index (χ1v) is 13.7. The van der Waals surface area contributed by atoms with Gasteiger partial charge in [0.2, 0.25) is 0 Å². The summed E-state index contributed by atoms with van der Waals surface area (Å²) in [5, 5.41) is 0. The summed E-state index contributed by atoms with van der Waals surface area (Å²) in [5.41, 5.74) is 0. The Morgan fingerprint density at radius 1 is 0.267 bits per heavy atom. The topological polar surface area (TPSA) is 9.72 Å². The van der Waals surface area contributed by atoms with Crippen molar-refractivity contribution in [2.75, 3.05) is 60.4 Å². The molecular weight excluding hydrogens is 366 g/mol. The van der Waals surface area contributed by atoms with Gasteiger partial charge in [-0.3, -0.25) is 0 Å². The molecule has 0 aliphatic carbocycles. The van der Waals surface area contributed by atoms with Crippen molar-refractivity contribution in [3.05, 3.63) is 0 Å². The highest BCUT2D eigenvalue weighted by molar-refractivity contribution is 4.61. The number of hydrogen-bond acceptors (Lipinski definition) is 3. The van der Waals surface area contributed by atoms with E-state index in [0.717, 1.165) is 0 Å². The fourth-order valence-electron chi connectivity index (χ4n) is 2.40. The van der Waals surface area contributed by atoms with E-state index in [-0.39, 0.29) is 0 Å². The van der Waals surface area contributed by atoms with Crippen molar-refractivity contribution in [1.29, 1.82) is 0 Å². The Bertz CT molecular complexity index is 183. The summed E-state index contributed by atoms with van der Waals surface area (Å²) in [6, 6.07) is 0. The Morgan fingerprint density at radius 2 is 0.433 bits per heavy atom. The lowest BCUT2D eigenvalue weighted by Gasteiger charge is -2.24. The van der Waals surface area contributed by atoms with Crippen molar-refractivity contribution >= 4 is 0 Å². The van der Waals surface area contributed by atoms with Crippen LogP contribution in [0.15, 0.2) is 0 Å². The van der Waals surface area contributed by atoms with E-state index in [1.807, 2.05) is 83.1 Å². The smallest absolute Gasteiger partial charge is 0.000959 e. The maximum absolute atomic E-state index is 2.39. The Balaban J connectivity index is -0.0000000581. The fraction of sp³-hybridized carbons (Fsp3) is 1.00. The molecule has 0 aromatic rings. The standard InChI is InChI=1S/C6H13N.C5H11N.C4H9N.6C2H6/c1-7-5-3-2-4-6-7;1-6-4-2-3-5-6;1-5-3-2-4-5;6*1-2/h2-6H2,1H3;2-5H2,1H3;2-4H2,1H3;6*1-2H3. The molecule has 0 aromatic carbocycles. The van der Waals surface area contributed by atoms with Gasteiger partial charge >= 0.3 is 0 Å². The molecule has 3 heterocycles. The number of nitrogens with zero attached hydrogens (tertiary/aromatic N) is 3. The molecule has 0 unspecified atom stereocenters. The highest BCUT2D eigenvalue weighted by atomic mass is 15.1. The van der Waals surface area contributed by atoms with Gasteiger partial charge in [-0.25, -0.2) is 0 Å². The Hall–Kier alpha value is -0.120. The average molecular weight is 436 g/mol. The van der Waals surface area contributed by atoms with Gasteiger partial charge in [0.25, 0.3) is 0 Å². The molecule has 3 saturated heterocycles. The van der Waals surface area contributed by atoms with Crippen LogP contribution in [0.4, 0.5) is 0 Å². The zero-order valence-corrected chi connectivity index (χ0v) is 24.8. The predicted octanol–water partition coefficient (Wildman–Crippen LogP) is 8.29. The molecule has 0 atom stereocenters. The van der Waals surface area contributed by atoms with Gasteiger partial charge in [0.05, 0.1) is 0 Å². The highest BCUT2D eigenvalue weighted by Crippen LogP contribution is 2.04. The Kier molecular flexibility index (Phi) is 75.0. The van der Waals surface area contributed by atoms with Crippen LogP contribution in [0.5, 0.6) is 0 Å². The quantitative estimate of drug-likeness (QED) is 0.379. The first-order valence-electron chi connectivity index (χ1n) is 13.7. The zero-order chi connectivity index (χ0) is 25.2. The summed E-state index contributed by atoms with van der Waals surface area (Å²) in [7, 11) is 6.51. The van der Waals surface area contributed by atoms with Crippen molar-refractivity contribution in [3.8, 4) is 0 Å². The van der Waals surface area contributed by atoms with Crippen LogP contribution in [0.1, 0.15) is 122 Å². The summed E-state index contributed by atoms with van der Waals surface area (Å²) in [6.45, 7) is 31.9. The third-order valence-corrected chi connectivity index (χ3v) is 3.99. The molecule has 0 radical (unpaired) electrons. The predicted molar refractivity (Wildman–Crippen MR) is 148 cm³/mol. The van der Waals surface area contributed by atoms with Gasteiger partial charge < -0.3 is 14.7 Å². The molecule has 192 valence electrons. The lowest BCUT2D eigenvalue weighted by molar-refractivity contribution is 0.229. The summed E-state index contributed by atoms with van der Waals surface area (Å²) in [6.07, 6.45) is 8.51. The van der Waals surface area contributed by atoms with E-state index in [4.69, 9.17) is 0 Å². The SMILES string of the molecule is CC.CC.CC.CC.CC.CC.CN1CCC1.CN1CCCC1.CN1CCCCC1. The minimum Gasteiger partial charge on any atom is -0.306 e. The fourth-order valence-corrected chi connectivity index (χ4v) is 2.40. The van der Waals surface area contributed by atoms with Crippen molar-refractivity contribution in [1.82, 2.24) is 14.7 Å². The number of rotatable bonds is 0. The normalized spacial score (nSPS) is 16.5. The van der Waals surface area contributed by atoms with Crippen LogP contribution in [-0.4, -0.2) is 75.1 Å². The van der Waals surface area contributed by atoms with Gasteiger partial charge in [0, 0.05) is 0 Å². The van der Waals surface area contributed by atoms with E-state index >= 15 is 0 Å². The van der Waals surface area contributed by atoms with Crippen LogP contribution in [-0.2, 0) is 0 Å². The van der Waals surface area contributed by atoms with Crippen LogP contribution in [0.25, 0.3) is 0 Å². The second-order valence-corrected chi connectivity index (χ2v) is 6.03. The minimum atomic E-state index is 1.32. The number of hydrogen-bond donors (Lipinski definition) is 0.